The van der Waals surface area contributed by atoms with Gasteiger partial charge in [0.15, 0.2) is 0 Å². The van der Waals surface area contributed by atoms with Gasteiger partial charge in [-0.05, 0) is 81.7 Å². The monoisotopic (exact) mass is 536 g/mol. The Morgan fingerprint density at radius 2 is 0.905 bits per heavy atom. The maximum absolute atomic E-state index is 2.36. The number of fused-ring (bicyclic) bond motifs is 5. The summed E-state index contributed by atoms with van der Waals surface area (Å²) in [5.41, 5.74) is 6.94. The van der Waals surface area contributed by atoms with Crippen molar-refractivity contribution >= 4 is 72.7 Å². The largest absolute Gasteiger partial charge is 0.316 e. The van der Waals surface area contributed by atoms with Gasteiger partial charge in [0.25, 0.3) is 0 Å². The van der Waals surface area contributed by atoms with Gasteiger partial charge in [0.1, 0.15) is 0 Å². The van der Waals surface area contributed by atoms with Gasteiger partial charge in [-0.15, -0.1) is 0 Å². The van der Waals surface area contributed by atoms with Crippen LogP contribution < -0.4 is 4.90 Å². The third kappa shape index (κ3) is 4.22. The van der Waals surface area contributed by atoms with E-state index in [-0.39, 0.29) is 0 Å². The van der Waals surface area contributed by atoms with Crippen LogP contribution in [0.3, 0.4) is 0 Å². The first-order valence-electron chi connectivity index (χ1n) is 14.4. The predicted molar refractivity (Wildman–Crippen MR) is 181 cm³/mol. The Labute approximate surface area is 245 Å². The molecule has 8 aromatic rings. The molecule has 0 N–H and O–H groups in total. The van der Waals surface area contributed by atoms with Crippen molar-refractivity contribution in [3.05, 3.63) is 163 Å². The van der Waals surface area contributed by atoms with Gasteiger partial charge in [-0.1, -0.05) is 109 Å². The van der Waals surface area contributed by atoms with Crippen molar-refractivity contribution in [3.63, 3.8) is 0 Å². The van der Waals surface area contributed by atoms with Crippen molar-refractivity contribution in [2.45, 2.75) is 0 Å². The van der Waals surface area contributed by atoms with Gasteiger partial charge in [0, 0.05) is 34.0 Å². The summed E-state index contributed by atoms with van der Waals surface area (Å²) in [7, 11) is 0. The molecule has 0 aliphatic rings. The predicted octanol–water partition coefficient (Wildman–Crippen LogP) is 11.2. The molecular weight excluding hydrogens is 508 g/mol. The van der Waals surface area contributed by atoms with E-state index in [1.54, 1.807) is 0 Å². The molecule has 0 radical (unpaired) electrons. The Balaban J connectivity index is 1.26. The zero-order valence-electron chi connectivity index (χ0n) is 23.1. The van der Waals surface area contributed by atoms with Crippen LogP contribution in [0.2, 0.25) is 0 Å². The van der Waals surface area contributed by atoms with Crippen molar-refractivity contribution in [2.24, 2.45) is 0 Å². The van der Waals surface area contributed by atoms with Crippen LogP contribution in [0, 0.1) is 0 Å². The van der Waals surface area contributed by atoms with E-state index in [0.29, 0.717) is 0 Å². The van der Waals surface area contributed by atoms with E-state index in [2.05, 4.69) is 179 Å². The molecule has 2 nitrogen and oxygen atoms in total. The number of para-hydroxylation sites is 2. The van der Waals surface area contributed by atoms with E-state index in [4.69, 9.17) is 0 Å². The molecule has 198 valence electrons. The second-order valence-corrected chi connectivity index (χ2v) is 10.7. The number of rotatable bonds is 5. The number of anilines is 3. The molecule has 0 fully saturated rings. The maximum atomic E-state index is 2.36. The fourth-order valence-corrected chi connectivity index (χ4v) is 6.12. The number of hydrogen-bond donors (Lipinski definition) is 0. The highest BCUT2D eigenvalue weighted by molar-refractivity contribution is 6.09. The van der Waals surface area contributed by atoms with Crippen molar-refractivity contribution in [2.75, 3.05) is 4.90 Å². The van der Waals surface area contributed by atoms with Gasteiger partial charge in [0.05, 0.1) is 11.0 Å². The third-order valence-electron chi connectivity index (χ3n) is 8.14. The van der Waals surface area contributed by atoms with Crippen LogP contribution in [0.5, 0.6) is 0 Å². The van der Waals surface area contributed by atoms with Crippen LogP contribution in [0.4, 0.5) is 17.1 Å². The van der Waals surface area contributed by atoms with E-state index in [1.807, 2.05) is 0 Å². The summed E-state index contributed by atoms with van der Waals surface area (Å²) in [4.78, 5) is 2.36. The smallest absolute Gasteiger partial charge is 0.0534 e. The average Bonchev–Trinajstić information content (AvgIpc) is 3.37. The first-order chi connectivity index (χ1) is 20.8. The van der Waals surface area contributed by atoms with Crippen molar-refractivity contribution in [1.82, 2.24) is 4.57 Å². The maximum Gasteiger partial charge on any atom is 0.0534 e. The third-order valence-corrected chi connectivity index (χ3v) is 8.14. The van der Waals surface area contributed by atoms with Crippen LogP contribution in [0.15, 0.2) is 158 Å². The van der Waals surface area contributed by atoms with Gasteiger partial charge in [-0.3, -0.25) is 0 Å². The number of aromatic nitrogens is 1. The van der Waals surface area contributed by atoms with Crippen LogP contribution in [-0.2, 0) is 0 Å². The lowest BCUT2D eigenvalue weighted by molar-refractivity contribution is 1.29. The summed E-state index contributed by atoms with van der Waals surface area (Å²) in [5, 5.41) is 7.46. The average molecular weight is 537 g/mol. The zero-order chi connectivity index (χ0) is 27.9. The number of nitrogens with zero attached hydrogens (tertiary/aromatic N) is 2. The topological polar surface area (TPSA) is 8.17 Å². The van der Waals surface area contributed by atoms with Crippen LogP contribution in [0.25, 0.3) is 55.6 Å². The molecule has 0 saturated heterocycles. The molecule has 0 saturated carbocycles. The Morgan fingerprint density at radius 1 is 0.405 bits per heavy atom. The van der Waals surface area contributed by atoms with Gasteiger partial charge in [-0.25, -0.2) is 0 Å². The Hall–Kier alpha value is -5.60. The lowest BCUT2D eigenvalue weighted by Gasteiger charge is -2.26. The number of hydrogen-bond acceptors (Lipinski definition) is 1. The molecule has 7 aromatic carbocycles. The summed E-state index contributed by atoms with van der Waals surface area (Å²) >= 11 is 0. The van der Waals surface area contributed by atoms with Crippen molar-refractivity contribution in [1.29, 1.82) is 0 Å². The molecular formula is C40H28N2. The standard InChI is InChI=1S/C40H28N2/c1-3-13-32-27-35(22-20-30(32)11-1)42(36-23-21-31-12-2-4-14-33(31)28-36)34-15-9-10-29(26-34)24-25-41-39-18-7-5-16-37(39)38-17-6-8-19-40(38)41/h1-28H/b25-24+. The molecule has 0 amide bonds. The highest BCUT2D eigenvalue weighted by atomic mass is 15.1. The fourth-order valence-electron chi connectivity index (χ4n) is 6.12. The van der Waals surface area contributed by atoms with Crippen LogP contribution >= 0.6 is 0 Å². The molecule has 2 heteroatoms. The number of benzene rings is 7. The summed E-state index contributed by atoms with van der Waals surface area (Å²) in [6.45, 7) is 0. The van der Waals surface area contributed by atoms with Gasteiger partial charge >= 0.3 is 0 Å². The van der Waals surface area contributed by atoms with E-state index in [9.17, 15) is 0 Å². The molecule has 8 rings (SSSR count). The Bertz CT molecular complexity index is 2140. The highest BCUT2D eigenvalue weighted by Crippen LogP contribution is 2.38. The first-order valence-corrected chi connectivity index (χ1v) is 14.4. The van der Waals surface area contributed by atoms with Crippen molar-refractivity contribution in [3.8, 4) is 0 Å². The second kappa shape index (κ2) is 10.1. The molecule has 0 aliphatic heterocycles. The molecule has 42 heavy (non-hydrogen) atoms. The normalized spacial score (nSPS) is 11.7. The zero-order valence-corrected chi connectivity index (χ0v) is 23.1. The minimum atomic E-state index is 1.12. The molecule has 0 unspecified atom stereocenters. The minimum absolute atomic E-state index is 1.12. The van der Waals surface area contributed by atoms with Gasteiger partial charge in [0.2, 0.25) is 0 Å². The SMILES string of the molecule is C(=C\n1c2ccccc2c2ccccc21)/c1cccc(N(c2ccc3ccccc3c2)c2ccc3ccccc3c2)c1. The Morgan fingerprint density at radius 3 is 1.50 bits per heavy atom. The minimum Gasteiger partial charge on any atom is -0.316 e. The molecule has 0 spiro atoms. The quantitative estimate of drug-likeness (QED) is 0.212. The van der Waals surface area contributed by atoms with E-state index < -0.39 is 0 Å². The van der Waals surface area contributed by atoms with Gasteiger partial charge in [-0.2, -0.15) is 0 Å². The lowest BCUT2D eigenvalue weighted by Crippen LogP contribution is -2.10. The lowest BCUT2D eigenvalue weighted by atomic mass is 10.1. The summed E-state index contributed by atoms with van der Waals surface area (Å²) in [6, 6.07) is 56.5. The van der Waals surface area contributed by atoms with Crippen molar-refractivity contribution < 1.29 is 0 Å². The molecule has 0 aliphatic carbocycles. The second-order valence-electron chi connectivity index (χ2n) is 10.7. The van der Waals surface area contributed by atoms with E-state index >= 15 is 0 Å². The molecule has 0 atom stereocenters. The van der Waals surface area contributed by atoms with Crippen LogP contribution in [0.1, 0.15) is 5.56 Å². The van der Waals surface area contributed by atoms with Crippen LogP contribution in [-0.4, -0.2) is 4.57 Å². The van der Waals surface area contributed by atoms with E-state index in [0.717, 1.165) is 22.6 Å². The molecule has 0 bridgehead atoms. The van der Waals surface area contributed by atoms with Gasteiger partial charge < -0.3 is 9.47 Å². The Kier molecular flexibility index (Phi) is 5.82. The first kappa shape index (κ1) is 24.2. The summed E-state index contributed by atoms with van der Waals surface area (Å²) < 4.78 is 2.29. The molecule has 1 aromatic heterocycles. The van der Waals surface area contributed by atoms with E-state index in [1.165, 1.54) is 43.4 Å². The fraction of sp³-hybridized carbons (Fsp3) is 0. The summed E-state index contributed by atoms with van der Waals surface area (Å²) in [6.07, 6.45) is 4.40. The molecule has 1 heterocycles. The highest BCUT2D eigenvalue weighted by Gasteiger charge is 2.14. The summed E-state index contributed by atoms with van der Waals surface area (Å²) in [5.74, 6) is 0.